The highest BCUT2D eigenvalue weighted by atomic mass is 79.9. The number of hydrogen-bond acceptors (Lipinski definition) is 5. The van der Waals surface area contributed by atoms with E-state index in [1.165, 1.54) is 0 Å². The lowest BCUT2D eigenvalue weighted by Gasteiger charge is -2.45. The maximum atomic E-state index is 12.7. The third kappa shape index (κ3) is 3.89. The summed E-state index contributed by atoms with van der Waals surface area (Å²) >= 11 is 10.0. The molecule has 1 aliphatic rings. The van der Waals surface area contributed by atoms with Gasteiger partial charge in [0, 0.05) is 13.1 Å². The minimum Gasteiger partial charge on any atom is -0.479 e. The van der Waals surface area contributed by atoms with Crippen LogP contribution >= 0.6 is 27.5 Å². The van der Waals surface area contributed by atoms with E-state index in [0.717, 1.165) is 15.8 Å². The van der Waals surface area contributed by atoms with E-state index in [4.69, 9.17) is 21.1 Å². The first-order valence-corrected chi connectivity index (χ1v) is 10.4. The lowest BCUT2D eigenvalue weighted by Crippen LogP contribution is -2.59. The van der Waals surface area contributed by atoms with Gasteiger partial charge in [0.1, 0.15) is 20.7 Å². The molecule has 0 aromatic carbocycles. The van der Waals surface area contributed by atoms with Crippen LogP contribution in [-0.4, -0.2) is 58.5 Å². The van der Waals surface area contributed by atoms with Crippen LogP contribution in [0.4, 0.5) is 10.5 Å². The van der Waals surface area contributed by atoms with Gasteiger partial charge < -0.3 is 14.4 Å². The zero-order chi connectivity index (χ0) is 20.8. The minimum absolute atomic E-state index is 0.0223. The lowest BCUT2D eigenvalue weighted by molar-refractivity contribution is 0.00568. The van der Waals surface area contributed by atoms with Gasteiger partial charge in [-0.05, 0) is 62.7 Å². The van der Waals surface area contributed by atoms with E-state index in [0.29, 0.717) is 24.0 Å². The van der Waals surface area contributed by atoms with E-state index in [2.05, 4.69) is 25.9 Å². The van der Waals surface area contributed by atoms with E-state index < -0.39 is 5.60 Å². The van der Waals surface area contributed by atoms with Gasteiger partial charge in [0.05, 0.1) is 24.9 Å². The maximum Gasteiger partial charge on any atom is 0.410 e. The van der Waals surface area contributed by atoms with Crippen molar-refractivity contribution in [3.05, 3.63) is 21.8 Å². The van der Waals surface area contributed by atoms with Gasteiger partial charge in [-0.2, -0.15) is 0 Å². The number of anilines is 1. The molecule has 154 valence electrons. The van der Waals surface area contributed by atoms with Crippen LogP contribution < -0.4 is 9.64 Å². The summed E-state index contributed by atoms with van der Waals surface area (Å²) in [7, 11) is 1.55. The van der Waals surface area contributed by atoms with Crippen LogP contribution in [0, 0.1) is 0 Å². The number of amides is 1. The van der Waals surface area contributed by atoms with E-state index in [9.17, 15) is 4.79 Å². The molecule has 9 heteroatoms. The summed E-state index contributed by atoms with van der Waals surface area (Å²) in [4.78, 5) is 16.7. The molecule has 7 nitrogen and oxygen atoms in total. The lowest BCUT2D eigenvalue weighted by atomic mass is 10.1. The summed E-state index contributed by atoms with van der Waals surface area (Å²) in [6.45, 7) is 11.0. The Labute approximate surface area is 178 Å². The molecular formula is C19H26BrClN4O3. The maximum absolute atomic E-state index is 12.7. The number of nitrogens with zero attached hydrogens (tertiary/aromatic N) is 4. The Bertz CT molecular complexity index is 883. The number of carbonyl (C=O) groups excluding carboxylic acids is 1. The Morgan fingerprint density at radius 1 is 1.25 bits per heavy atom. The van der Waals surface area contributed by atoms with Gasteiger partial charge >= 0.3 is 6.09 Å². The van der Waals surface area contributed by atoms with E-state index in [1.54, 1.807) is 11.6 Å². The second-order valence-corrected chi connectivity index (χ2v) is 9.31. The molecule has 0 aliphatic carbocycles. The third-order valence-corrected chi connectivity index (χ3v) is 5.62. The summed E-state index contributed by atoms with van der Waals surface area (Å²) < 4.78 is 13.4. The van der Waals surface area contributed by atoms with Crippen molar-refractivity contribution < 1.29 is 14.3 Å². The number of fused-ring (bicyclic) bond motifs is 1. The Balaban J connectivity index is 1.92. The summed E-state index contributed by atoms with van der Waals surface area (Å²) in [5.74, 6) is 0.378. The van der Waals surface area contributed by atoms with Crippen molar-refractivity contribution in [1.82, 2.24) is 14.5 Å². The zero-order valence-electron chi connectivity index (χ0n) is 17.0. The number of halogens is 2. The van der Waals surface area contributed by atoms with E-state index in [1.807, 2.05) is 51.7 Å². The first-order chi connectivity index (χ1) is 13.0. The predicted octanol–water partition coefficient (Wildman–Crippen LogP) is 4.59. The summed E-state index contributed by atoms with van der Waals surface area (Å²) in [6, 6.07) is 3.90. The fourth-order valence-electron chi connectivity index (χ4n) is 3.63. The average Bonchev–Trinajstić information content (AvgIpc) is 2.91. The highest BCUT2D eigenvalue weighted by Crippen LogP contribution is 2.37. The fraction of sp³-hybridized carbons (Fsp3) is 0.579. The summed E-state index contributed by atoms with van der Waals surface area (Å²) in [5.41, 5.74) is 1.21. The standard InChI is InChI=1S/C19H26BrClN4O3/c1-11-9-23(10-12(2)24(11)18(26)28-19(3,4)5)13-7-8-14(20)25-16(13)15(21)17(22-25)27-6/h7-8,11-12H,9-10H2,1-6H3/t11-,12-/m0/s1. The SMILES string of the molecule is COc1nn2c(Br)ccc(N3C[C@H](C)N(C(=O)OC(C)(C)C)[C@@H](C)C3)c2c1Cl. The number of pyridine rings is 1. The number of aromatic nitrogens is 2. The van der Waals surface area contributed by atoms with Crippen LogP contribution in [0.3, 0.4) is 0 Å². The molecule has 1 saturated heterocycles. The molecule has 0 unspecified atom stereocenters. The molecule has 2 aromatic heterocycles. The molecule has 1 aliphatic heterocycles. The number of carbonyl (C=O) groups is 1. The van der Waals surface area contributed by atoms with Gasteiger partial charge in [-0.25, -0.2) is 9.31 Å². The molecule has 0 radical (unpaired) electrons. The molecule has 3 rings (SSSR count). The quantitative estimate of drug-likeness (QED) is 0.597. The summed E-state index contributed by atoms with van der Waals surface area (Å²) in [5, 5.41) is 4.88. The van der Waals surface area contributed by atoms with Crippen molar-refractivity contribution in [3.8, 4) is 5.88 Å². The third-order valence-electron chi connectivity index (χ3n) is 4.68. The van der Waals surface area contributed by atoms with Gasteiger partial charge in [-0.15, -0.1) is 5.10 Å². The first kappa shape index (κ1) is 21.0. The van der Waals surface area contributed by atoms with Gasteiger partial charge in [0.25, 0.3) is 5.88 Å². The van der Waals surface area contributed by atoms with Crippen molar-refractivity contribution in [2.45, 2.75) is 52.3 Å². The van der Waals surface area contributed by atoms with Crippen LogP contribution in [0.25, 0.3) is 5.52 Å². The van der Waals surface area contributed by atoms with Crippen molar-refractivity contribution in [2.24, 2.45) is 0 Å². The molecule has 2 atom stereocenters. The van der Waals surface area contributed by atoms with Crippen molar-refractivity contribution in [1.29, 1.82) is 0 Å². The number of piperazine rings is 1. The minimum atomic E-state index is -0.521. The van der Waals surface area contributed by atoms with Crippen LogP contribution in [-0.2, 0) is 4.74 Å². The van der Waals surface area contributed by atoms with Gasteiger partial charge in [-0.3, -0.25) is 4.90 Å². The molecule has 2 aromatic rings. The Morgan fingerprint density at radius 2 is 1.86 bits per heavy atom. The number of methoxy groups -OCH3 is 1. The Hall–Kier alpha value is -1.67. The Morgan fingerprint density at radius 3 is 2.39 bits per heavy atom. The second kappa shape index (κ2) is 7.63. The molecular weight excluding hydrogens is 448 g/mol. The molecule has 3 heterocycles. The van der Waals surface area contributed by atoms with Gasteiger partial charge in [0.15, 0.2) is 0 Å². The largest absolute Gasteiger partial charge is 0.479 e. The van der Waals surface area contributed by atoms with E-state index >= 15 is 0 Å². The summed E-state index contributed by atoms with van der Waals surface area (Å²) in [6.07, 6.45) is -0.280. The highest BCUT2D eigenvalue weighted by molar-refractivity contribution is 9.10. The van der Waals surface area contributed by atoms with Crippen molar-refractivity contribution in [2.75, 3.05) is 25.1 Å². The number of hydrogen-bond donors (Lipinski definition) is 0. The zero-order valence-corrected chi connectivity index (χ0v) is 19.3. The van der Waals surface area contributed by atoms with E-state index in [-0.39, 0.29) is 18.2 Å². The molecule has 0 N–H and O–H groups in total. The van der Waals surface area contributed by atoms with Gasteiger partial charge in [0.2, 0.25) is 0 Å². The molecule has 1 fully saturated rings. The number of rotatable bonds is 2. The highest BCUT2D eigenvalue weighted by Gasteiger charge is 2.36. The normalized spacial score (nSPS) is 20.6. The van der Waals surface area contributed by atoms with Crippen molar-refractivity contribution >= 4 is 44.8 Å². The molecule has 0 bridgehead atoms. The van der Waals surface area contributed by atoms with Crippen LogP contribution in [0.1, 0.15) is 34.6 Å². The topological polar surface area (TPSA) is 59.3 Å². The predicted molar refractivity (Wildman–Crippen MR) is 114 cm³/mol. The van der Waals surface area contributed by atoms with Crippen LogP contribution in [0.15, 0.2) is 16.7 Å². The smallest absolute Gasteiger partial charge is 0.410 e. The average molecular weight is 474 g/mol. The molecule has 0 spiro atoms. The Kier molecular flexibility index (Phi) is 5.74. The molecule has 1 amide bonds. The second-order valence-electron chi connectivity index (χ2n) is 8.12. The molecule has 0 saturated carbocycles. The van der Waals surface area contributed by atoms with Gasteiger partial charge in [-0.1, -0.05) is 11.6 Å². The van der Waals surface area contributed by atoms with Crippen LogP contribution in [0.5, 0.6) is 5.88 Å². The van der Waals surface area contributed by atoms with Crippen molar-refractivity contribution in [3.63, 3.8) is 0 Å². The fourth-order valence-corrected chi connectivity index (χ4v) is 4.31. The van der Waals surface area contributed by atoms with Crippen LogP contribution in [0.2, 0.25) is 5.02 Å². The first-order valence-electron chi connectivity index (χ1n) is 9.20. The molecule has 28 heavy (non-hydrogen) atoms. The number of ether oxygens (including phenoxy) is 2. The monoisotopic (exact) mass is 472 g/mol.